The molecule has 0 radical (unpaired) electrons. The molecule has 0 aliphatic heterocycles. The van der Waals surface area contributed by atoms with E-state index in [1.54, 1.807) is 0 Å². The van der Waals surface area contributed by atoms with E-state index in [-0.39, 0.29) is 10.8 Å². The number of ether oxygens (including phenoxy) is 1. The van der Waals surface area contributed by atoms with E-state index in [0.29, 0.717) is 30.1 Å². The Hall–Kier alpha value is -0.630. The highest BCUT2D eigenvalue weighted by Gasteiger charge is 2.52. The summed E-state index contributed by atoms with van der Waals surface area (Å²) in [6, 6.07) is 0. The molecule has 2 aliphatic carbocycles. The monoisotopic (exact) mass is 306 g/mol. The number of hydrogen-bond donors (Lipinski definition) is 0. The van der Waals surface area contributed by atoms with Gasteiger partial charge >= 0.3 is 0 Å². The van der Waals surface area contributed by atoms with E-state index in [0.717, 1.165) is 31.4 Å². The Morgan fingerprint density at radius 3 is 2.73 bits per heavy atom. The number of rotatable bonds is 5. The van der Waals surface area contributed by atoms with Gasteiger partial charge in [-0.15, -0.1) is 0 Å². The SMILES string of the molecule is C=C(COC[C@@H](C)[C@H]1CC[C@H]2C(=O)CCC[C@]12C)C(C)(C)C. The van der Waals surface area contributed by atoms with Crippen LogP contribution in [0.2, 0.25) is 0 Å². The van der Waals surface area contributed by atoms with Gasteiger partial charge in [0.05, 0.1) is 6.61 Å². The lowest BCUT2D eigenvalue weighted by Crippen LogP contribution is -2.40. The molecule has 2 rings (SSSR count). The van der Waals surface area contributed by atoms with E-state index in [1.807, 2.05) is 0 Å². The predicted octanol–water partition coefficient (Wildman–Crippen LogP) is 5.03. The second-order valence-corrected chi connectivity index (χ2v) is 8.91. The first-order valence-electron chi connectivity index (χ1n) is 8.95. The van der Waals surface area contributed by atoms with Gasteiger partial charge in [-0.3, -0.25) is 4.79 Å². The minimum atomic E-state index is 0.115. The first-order chi connectivity index (χ1) is 10.2. The molecule has 0 spiro atoms. The van der Waals surface area contributed by atoms with Gasteiger partial charge in [-0.05, 0) is 53.9 Å². The normalized spacial score (nSPS) is 33.6. The molecule has 0 N–H and O–H groups in total. The Balaban J connectivity index is 1.89. The Bertz CT molecular complexity index is 431. The van der Waals surface area contributed by atoms with Gasteiger partial charge in [-0.25, -0.2) is 0 Å². The van der Waals surface area contributed by atoms with Crippen molar-refractivity contribution < 1.29 is 9.53 Å². The van der Waals surface area contributed by atoms with Crippen LogP contribution in [0.3, 0.4) is 0 Å². The van der Waals surface area contributed by atoms with Gasteiger partial charge in [0.2, 0.25) is 0 Å². The molecule has 4 atom stereocenters. The van der Waals surface area contributed by atoms with E-state index >= 15 is 0 Å². The first-order valence-corrected chi connectivity index (χ1v) is 8.95. The van der Waals surface area contributed by atoms with Crippen molar-refractivity contribution in [2.75, 3.05) is 13.2 Å². The smallest absolute Gasteiger partial charge is 0.136 e. The van der Waals surface area contributed by atoms with E-state index in [4.69, 9.17) is 4.74 Å². The average molecular weight is 306 g/mol. The predicted molar refractivity (Wildman–Crippen MR) is 91.8 cm³/mol. The Kier molecular flexibility index (Phi) is 5.21. The molecule has 2 aliphatic rings. The molecule has 0 heterocycles. The molecule has 0 aromatic heterocycles. The van der Waals surface area contributed by atoms with Gasteiger partial charge in [0.25, 0.3) is 0 Å². The summed E-state index contributed by atoms with van der Waals surface area (Å²) in [5.74, 6) is 1.99. The van der Waals surface area contributed by atoms with Gasteiger partial charge in [-0.1, -0.05) is 41.2 Å². The van der Waals surface area contributed by atoms with Gasteiger partial charge in [0, 0.05) is 18.9 Å². The second-order valence-electron chi connectivity index (χ2n) is 8.91. The van der Waals surface area contributed by atoms with Crippen molar-refractivity contribution in [3.8, 4) is 0 Å². The summed E-state index contributed by atoms with van der Waals surface area (Å²) in [4.78, 5) is 12.2. The average Bonchev–Trinajstić information content (AvgIpc) is 2.76. The van der Waals surface area contributed by atoms with Crippen LogP contribution in [0.25, 0.3) is 0 Å². The van der Waals surface area contributed by atoms with E-state index in [2.05, 4.69) is 41.2 Å². The Morgan fingerprint density at radius 1 is 1.41 bits per heavy atom. The van der Waals surface area contributed by atoms with Gasteiger partial charge in [0.1, 0.15) is 5.78 Å². The number of fused-ring (bicyclic) bond motifs is 1. The number of Topliss-reactive ketones (excluding diaryl/α,β-unsaturated/α-hetero) is 1. The zero-order valence-corrected chi connectivity index (χ0v) is 15.2. The third kappa shape index (κ3) is 3.48. The highest BCUT2D eigenvalue weighted by Crippen LogP contribution is 2.56. The standard InChI is InChI=1S/C20H34O2/c1-14(12-22-13-15(2)19(3,4)5)16-9-10-17-18(21)8-7-11-20(16,17)6/h14,16-17H,2,7-13H2,1,3-6H3/t14-,16-,17+,20-/m1/s1. The quantitative estimate of drug-likeness (QED) is 0.666. The van der Waals surface area contributed by atoms with Crippen molar-refractivity contribution in [3.63, 3.8) is 0 Å². The van der Waals surface area contributed by atoms with Crippen molar-refractivity contribution in [1.29, 1.82) is 0 Å². The topological polar surface area (TPSA) is 26.3 Å². The minimum absolute atomic E-state index is 0.115. The molecule has 2 heteroatoms. The van der Waals surface area contributed by atoms with Crippen LogP contribution in [0.4, 0.5) is 0 Å². The van der Waals surface area contributed by atoms with E-state index in [1.165, 1.54) is 12.8 Å². The van der Waals surface area contributed by atoms with Crippen LogP contribution in [0.5, 0.6) is 0 Å². The maximum Gasteiger partial charge on any atom is 0.136 e. The highest BCUT2D eigenvalue weighted by atomic mass is 16.5. The highest BCUT2D eigenvalue weighted by molar-refractivity contribution is 5.83. The fraction of sp³-hybridized carbons (Fsp3) is 0.850. The summed E-state index contributed by atoms with van der Waals surface area (Å²) >= 11 is 0. The Labute approximate surface area is 136 Å². The lowest BCUT2D eigenvalue weighted by atomic mass is 9.62. The minimum Gasteiger partial charge on any atom is -0.377 e. The molecule has 126 valence electrons. The maximum atomic E-state index is 12.2. The molecule has 2 nitrogen and oxygen atoms in total. The molecular weight excluding hydrogens is 272 g/mol. The van der Waals surface area contributed by atoms with Crippen LogP contribution in [0, 0.1) is 28.6 Å². The molecule has 2 fully saturated rings. The van der Waals surface area contributed by atoms with Crippen LogP contribution >= 0.6 is 0 Å². The molecular formula is C20H34O2. The summed E-state index contributed by atoms with van der Waals surface area (Å²) in [6.07, 6.45) is 5.39. The van der Waals surface area contributed by atoms with Crippen molar-refractivity contribution in [3.05, 3.63) is 12.2 Å². The summed E-state index contributed by atoms with van der Waals surface area (Å²) in [5, 5.41) is 0. The largest absolute Gasteiger partial charge is 0.377 e. The lowest BCUT2D eigenvalue weighted by Gasteiger charge is -2.42. The van der Waals surface area contributed by atoms with Crippen LogP contribution in [-0.4, -0.2) is 19.0 Å². The van der Waals surface area contributed by atoms with Crippen molar-refractivity contribution in [1.82, 2.24) is 0 Å². The van der Waals surface area contributed by atoms with Crippen LogP contribution in [0.15, 0.2) is 12.2 Å². The molecule has 0 bridgehead atoms. The van der Waals surface area contributed by atoms with Gasteiger partial charge in [-0.2, -0.15) is 0 Å². The first kappa shape index (κ1) is 17.7. The summed E-state index contributed by atoms with van der Waals surface area (Å²) < 4.78 is 5.96. The fourth-order valence-electron chi connectivity index (χ4n) is 4.61. The zero-order valence-electron chi connectivity index (χ0n) is 15.2. The molecule has 0 aromatic rings. The van der Waals surface area contributed by atoms with Crippen molar-refractivity contribution in [2.45, 2.75) is 66.7 Å². The van der Waals surface area contributed by atoms with Crippen molar-refractivity contribution >= 4 is 5.78 Å². The number of hydrogen-bond acceptors (Lipinski definition) is 2. The fourth-order valence-corrected chi connectivity index (χ4v) is 4.61. The maximum absolute atomic E-state index is 12.2. The molecule has 0 saturated heterocycles. The number of carbonyl (C=O) groups is 1. The second kappa shape index (κ2) is 6.47. The number of ketones is 1. The summed E-state index contributed by atoms with van der Waals surface area (Å²) in [5.41, 5.74) is 1.49. The third-order valence-electron chi connectivity index (χ3n) is 6.34. The molecule has 2 saturated carbocycles. The summed E-state index contributed by atoms with van der Waals surface area (Å²) in [7, 11) is 0. The van der Waals surface area contributed by atoms with Crippen LogP contribution < -0.4 is 0 Å². The van der Waals surface area contributed by atoms with Gasteiger partial charge in [0.15, 0.2) is 0 Å². The van der Waals surface area contributed by atoms with Crippen LogP contribution in [-0.2, 0) is 9.53 Å². The molecule has 0 unspecified atom stereocenters. The van der Waals surface area contributed by atoms with E-state index in [9.17, 15) is 4.79 Å². The van der Waals surface area contributed by atoms with Crippen molar-refractivity contribution in [2.24, 2.45) is 28.6 Å². The van der Waals surface area contributed by atoms with Crippen LogP contribution in [0.1, 0.15) is 66.7 Å². The summed E-state index contributed by atoms with van der Waals surface area (Å²) in [6.45, 7) is 16.8. The van der Waals surface area contributed by atoms with Gasteiger partial charge < -0.3 is 4.74 Å². The molecule has 0 amide bonds. The Morgan fingerprint density at radius 2 is 2.09 bits per heavy atom. The van der Waals surface area contributed by atoms with E-state index < -0.39 is 0 Å². The number of carbonyl (C=O) groups excluding carboxylic acids is 1. The zero-order chi connectivity index (χ0) is 16.5. The lowest BCUT2D eigenvalue weighted by molar-refractivity contribution is -0.130. The molecule has 22 heavy (non-hydrogen) atoms. The molecule has 0 aromatic carbocycles. The third-order valence-corrected chi connectivity index (χ3v) is 6.34.